The highest BCUT2D eigenvalue weighted by Crippen LogP contribution is 2.21. The number of hydrogen-bond acceptors (Lipinski definition) is 3. The van der Waals surface area contributed by atoms with Crippen LogP contribution in [0.5, 0.6) is 0 Å². The van der Waals surface area contributed by atoms with Crippen LogP contribution in [0.4, 0.5) is 0 Å². The van der Waals surface area contributed by atoms with Gasteiger partial charge in [-0.3, -0.25) is 4.79 Å². The first-order valence-corrected chi connectivity index (χ1v) is 5.90. The molecule has 1 heterocycles. The first-order chi connectivity index (χ1) is 7.41. The molecular weight excluding hydrogens is 250 g/mol. The number of halogens is 1. The van der Waals surface area contributed by atoms with Crippen LogP contribution in [0.1, 0.15) is 23.5 Å². The number of amides is 1. The average molecular weight is 262 g/mol. The lowest BCUT2D eigenvalue weighted by Gasteiger charge is -2.17. The van der Waals surface area contributed by atoms with E-state index < -0.39 is 17.9 Å². The molecule has 1 rings (SSSR count). The molecule has 0 saturated heterocycles. The standard InChI is InChI=1S/C10H12ClNO3S/c1-5(2)8(10(14)15)12-9(13)6-3-4-7(11)16-6/h3-5,8H,1-2H3,(H,12,13)(H,14,15)/t8-/m0/s1. The Hall–Kier alpha value is -1.07. The van der Waals surface area contributed by atoms with Gasteiger partial charge in [0.2, 0.25) is 0 Å². The molecule has 1 amide bonds. The van der Waals surface area contributed by atoms with Gasteiger partial charge in [0.25, 0.3) is 5.91 Å². The Morgan fingerprint density at radius 3 is 2.44 bits per heavy atom. The molecule has 0 saturated carbocycles. The lowest BCUT2D eigenvalue weighted by atomic mass is 10.0. The van der Waals surface area contributed by atoms with Crippen molar-refractivity contribution in [2.45, 2.75) is 19.9 Å². The zero-order valence-corrected chi connectivity index (χ0v) is 10.4. The van der Waals surface area contributed by atoms with Crippen LogP contribution >= 0.6 is 22.9 Å². The van der Waals surface area contributed by atoms with Crippen LogP contribution in [0.25, 0.3) is 0 Å². The van der Waals surface area contributed by atoms with Crippen molar-refractivity contribution in [1.29, 1.82) is 0 Å². The summed E-state index contributed by atoms with van der Waals surface area (Å²) in [6.45, 7) is 3.47. The summed E-state index contributed by atoms with van der Waals surface area (Å²) in [4.78, 5) is 22.9. The lowest BCUT2D eigenvalue weighted by Crippen LogP contribution is -2.44. The number of rotatable bonds is 4. The Bertz CT molecular complexity index is 403. The highest BCUT2D eigenvalue weighted by molar-refractivity contribution is 7.18. The Labute approximate surface area is 102 Å². The van der Waals surface area contributed by atoms with Crippen LogP contribution in [-0.4, -0.2) is 23.0 Å². The van der Waals surface area contributed by atoms with Gasteiger partial charge in [-0.1, -0.05) is 25.4 Å². The van der Waals surface area contributed by atoms with Crippen molar-refractivity contribution in [3.8, 4) is 0 Å². The zero-order valence-electron chi connectivity index (χ0n) is 8.86. The van der Waals surface area contributed by atoms with Crippen LogP contribution in [0.15, 0.2) is 12.1 Å². The summed E-state index contributed by atoms with van der Waals surface area (Å²) in [7, 11) is 0. The molecule has 0 radical (unpaired) electrons. The largest absolute Gasteiger partial charge is 0.480 e. The van der Waals surface area contributed by atoms with E-state index >= 15 is 0 Å². The molecule has 16 heavy (non-hydrogen) atoms. The zero-order chi connectivity index (χ0) is 12.3. The topological polar surface area (TPSA) is 66.4 Å². The molecule has 0 aliphatic rings. The quantitative estimate of drug-likeness (QED) is 0.874. The van der Waals surface area contributed by atoms with Crippen molar-refractivity contribution < 1.29 is 14.7 Å². The highest BCUT2D eigenvalue weighted by atomic mass is 35.5. The Kier molecular flexibility index (Phi) is 4.32. The predicted molar refractivity (Wildman–Crippen MR) is 63.1 cm³/mol. The molecule has 0 aromatic carbocycles. The van der Waals surface area contributed by atoms with Gasteiger partial charge in [-0.15, -0.1) is 11.3 Å². The molecule has 88 valence electrons. The van der Waals surface area contributed by atoms with E-state index in [1.165, 1.54) is 0 Å². The molecule has 0 spiro atoms. The summed E-state index contributed by atoms with van der Waals surface area (Å²) in [5, 5.41) is 11.4. The molecule has 0 aliphatic heterocycles. The molecule has 6 heteroatoms. The molecular formula is C10H12ClNO3S. The van der Waals surface area contributed by atoms with E-state index in [2.05, 4.69) is 5.32 Å². The minimum atomic E-state index is -1.04. The number of nitrogens with one attached hydrogen (secondary N) is 1. The number of carboxylic acids is 1. The van der Waals surface area contributed by atoms with Gasteiger partial charge in [0.15, 0.2) is 0 Å². The van der Waals surface area contributed by atoms with Gasteiger partial charge in [-0.25, -0.2) is 4.79 Å². The third-order valence-electron chi connectivity index (χ3n) is 2.02. The molecule has 0 bridgehead atoms. The van der Waals surface area contributed by atoms with E-state index in [-0.39, 0.29) is 5.92 Å². The summed E-state index contributed by atoms with van der Waals surface area (Å²) in [5.74, 6) is -1.61. The summed E-state index contributed by atoms with van der Waals surface area (Å²) in [6.07, 6.45) is 0. The second-order valence-electron chi connectivity index (χ2n) is 3.64. The fraction of sp³-hybridized carbons (Fsp3) is 0.400. The first kappa shape index (κ1) is 13.0. The maximum absolute atomic E-state index is 11.7. The van der Waals surface area contributed by atoms with Crippen molar-refractivity contribution in [2.75, 3.05) is 0 Å². The predicted octanol–water partition coefficient (Wildman–Crippen LogP) is 2.24. The number of carbonyl (C=O) groups excluding carboxylic acids is 1. The number of carboxylic acid groups (broad SMARTS) is 1. The second kappa shape index (κ2) is 5.32. The van der Waals surface area contributed by atoms with Gasteiger partial charge in [0.1, 0.15) is 6.04 Å². The van der Waals surface area contributed by atoms with Gasteiger partial charge in [-0.05, 0) is 18.1 Å². The number of aliphatic carboxylic acids is 1. The van der Waals surface area contributed by atoms with Gasteiger partial charge in [0.05, 0.1) is 9.21 Å². The van der Waals surface area contributed by atoms with Gasteiger partial charge in [0, 0.05) is 0 Å². The second-order valence-corrected chi connectivity index (χ2v) is 5.35. The maximum Gasteiger partial charge on any atom is 0.326 e. The average Bonchev–Trinajstić information content (AvgIpc) is 2.59. The third-order valence-corrected chi connectivity index (χ3v) is 3.25. The Morgan fingerprint density at radius 1 is 1.44 bits per heavy atom. The summed E-state index contributed by atoms with van der Waals surface area (Å²) in [5.41, 5.74) is 0. The third kappa shape index (κ3) is 3.21. The Morgan fingerprint density at radius 2 is 2.06 bits per heavy atom. The molecule has 1 aromatic heterocycles. The van der Waals surface area contributed by atoms with Crippen LogP contribution < -0.4 is 5.32 Å². The fourth-order valence-corrected chi connectivity index (χ4v) is 2.11. The Balaban J connectivity index is 2.73. The van der Waals surface area contributed by atoms with E-state index in [1.54, 1.807) is 26.0 Å². The van der Waals surface area contributed by atoms with Gasteiger partial charge < -0.3 is 10.4 Å². The van der Waals surface area contributed by atoms with Gasteiger partial charge >= 0.3 is 5.97 Å². The normalized spacial score (nSPS) is 12.5. The van der Waals surface area contributed by atoms with Crippen molar-refractivity contribution in [3.63, 3.8) is 0 Å². The lowest BCUT2D eigenvalue weighted by molar-refractivity contribution is -0.140. The molecule has 0 aliphatic carbocycles. The summed E-state index contributed by atoms with van der Waals surface area (Å²) >= 11 is 6.81. The SMILES string of the molecule is CC(C)[C@H](NC(=O)c1ccc(Cl)s1)C(=O)O. The maximum atomic E-state index is 11.7. The van der Waals surface area contributed by atoms with E-state index in [9.17, 15) is 9.59 Å². The van der Waals surface area contributed by atoms with Crippen molar-refractivity contribution >= 4 is 34.8 Å². The van der Waals surface area contributed by atoms with E-state index in [1.807, 2.05) is 0 Å². The number of carbonyl (C=O) groups is 2. The first-order valence-electron chi connectivity index (χ1n) is 4.71. The molecule has 0 unspecified atom stereocenters. The molecule has 1 atom stereocenters. The van der Waals surface area contributed by atoms with E-state index in [0.717, 1.165) is 11.3 Å². The summed E-state index contributed by atoms with van der Waals surface area (Å²) < 4.78 is 0.501. The highest BCUT2D eigenvalue weighted by Gasteiger charge is 2.24. The number of thiophene rings is 1. The van der Waals surface area contributed by atoms with Crippen LogP contribution in [0.2, 0.25) is 4.34 Å². The minimum absolute atomic E-state index is 0.170. The molecule has 2 N–H and O–H groups in total. The molecule has 1 aromatic rings. The van der Waals surface area contributed by atoms with Crippen LogP contribution in [0, 0.1) is 5.92 Å². The fourth-order valence-electron chi connectivity index (χ4n) is 1.16. The molecule has 0 fully saturated rings. The molecule has 4 nitrogen and oxygen atoms in total. The van der Waals surface area contributed by atoms with Crippen molar-refractivity contribution in [2.24, 2.45) is 5.92 Å². The van der Waals surface area contributed by atoms with Gasteiger partial charge in [-0.2, -0.15) is 0 Å². The van der Waals surface area contributed by atoms with Crippen molar-refractivity contribution in [1.82, 2.24) is 5.32 Å². The smallest absolute Gasteiger partial charge is 0.326 e. The summed E-state index contributed by atoms with van der Waals surface area (Å²) in [6, 6.07) is 2.29. The number of hydrogen-bond donors (Lipinski definition) is 2. The van der Waals surface area contributed by atoms with Crippen molar-refractivity contribution in [3.05, 3.63) is 21.3 Å². The van der Waals surface area contributed by atoms with Crippen LogP contribution in [0.3, 0.4) is 0 Å². The van der Waals surface area contributed by atoms with E-state index in [4.69, 9.17) is 16.7 Å². The van der Waals surface area contributed by atoms with E-state index in [0.29, 0.717) is 9.21 Å². The monoisotopic (exact) mass is 261 g/mol. The minimum Gasteiger partial charge on any atom is -0.480 e. The van der Waals surface area contributed by atoms with Crippen LogP contribution in [-0.2, 0) is 4.79 Å².